The largest absolute Gasteiger partial charge is 0.385 e. The van der Waals surface area contributed by atoms with Crippen molar-refractivity contribution in [2.75, 3.05) is 46.8 Å². The molecule has 0 aliphatic heterocycles. The van der Waals surface area contributed by atoms with Gasteiger partial charge in [0.05, 0.1) is 6.61 Å². The maximum atomic E-state index is 10.0. The Morgan fingerprint density at radius 1 is 0.786 bits per heavy atom. The fourth-order valence-electron chi connectivity index (χ4n) is 0.933. The first-order valence-electron chi connectivity index (χ1n) is 5.14. The van der Waals surface area contributed by atoms with Crippen LogP contribution in [0.15, 0.2) is 0 Å². The van der Waals surface area contributed by atoms with Crippen molar-refractivity contribution in [1.29, 1.82) is 0 Å². The van der Waals surface area contributed by atoms with E-state index in [9.17, 15) is 5.11 Å². The second-order valence-electron chi connectivity index (χ2n) is 2.98. The number of methoxy groups -OCH3 is 1. The second kappa shape index (κ2) is 12.8. The van der Waals surface area contributed by atoms with Crippen LogP contribution in [0.25, 0.3) is 0 Å². The van der Waals surface area contributed by atoms with Crippen LogP contribution in [0, 0.1) is 0 Å². The molecule has 0 rings (SSSR count). The minimum absolute atomic E-state index is 0.0481. The average molecular weight is 205 g/mol. The van der Waals surface area contributed by atoms with E-state index in [1.807, 2.05) is 0 Å². The van der Waals surface area contributed by atoms with Gasteiger partial charge < -0.3 is 14.2 Å². The third kappa shape index (κ3) is 11.8. The van der Waals surface area contributed by atoms with E-state index in [4.69, 9.17) is 14.2 Å². The van der Waals surface area contributed by atoms with Gasteiger partial charge in [0.25, 0.3) is 0 Å². The highest BCUT2D eigenvalue weighted by atomic mass is 16.5. The van der Waals surface area contributed by atoms with Crippen LogP contribution in [-0.4, -0.2) is 46.8 Å². The zero-order valence-electron chi connectivity index (χ0n) is 9.00. The molecule has 0 N–H and O–H groups in total. The van der Waals surface area contributed by atoms with Crippen LogP contribution >= 0.6 is 0 Å². The number of ether oxygens (including phenoxy) is 3. The SMILES string of the molecule is COCCCOCCCOCCC[O]. The van der Waals surface area contributed by atoms with Gasteiger partial charge in [0.2, 0.25) is 0 Å². The quantitative estimate of drug-likeness (QED) is 0.477. The Balaban J connectivity index is 2.78. The predicted molar refractivity (Wildman–Crippen MR) is 52.9 cm³/mol. The van der Waals surface area contributed by atoms with E-state index in [1.54, 1.807) is 7.11 Å². The van der Waals surface area contributed by atoms with Crippen molar-refractivity contribution in [1.82, 2.24) is 0 Å². The van der Waals surface area contributed by atoms with Gasteiger partial charge in [0, 0.05) is 40.1 Å². The van der Waals surface area contributed by atoms with Gasteiger partial charge in [-0.3, -0.25) is 0 Å². The van der Waals surface area contributed by atoms with Crippen LogP contribution in [0.2, 0.25) is 0 Å². The van der Waals surface area contributed by atoms with E-state index >= 15 is 0 Å². The Morgan fingerprint density at radius 2 is 1.29 bits per heavy atom. The maximum absolute atomic E-state index is 10.0. The summed E-state index contributed by atoms with van der Waals surface area (Å²) < 4.78 is 15.4. The van der Waals surface area contributed by atoms with Gasteiger partial charge in [0.15, 0.2) is 0 Å². The Morgan fingerprint density at radius 3 is 1.79 bits per heavy atom. The first kappa shape index (κ1) is 13.8. The Bertz CT molecular complexity index is 86.1. The molecule has 0 bridgehead atoms. The number of hydrogen-bond donors (Lipinski definition) is 0. The molecule has 0 spiro atoms. The molecule has 14 heavy (non-hydrogen) atoms. The molecular weight excluding hydrogens is 184 g/mol. The Kier molecular flexibility index (Phi) is 12.7. The normalized spacial score (nSPS) is 10.7. The van der Waals surface area contributed by atoms with Crippen molar-refractivity contribution in [3.8, 4) is 0 Å². The van der Waals surface area contributed by atoms with Crippen molar-refractivity contribution in [3.05, 3.63) is 0 Å². The first-order valence-corrected chi connectivity index (χ1v) is 5.14. The molecule has 0 aliphatic carbocycles. The van der Waals surface area contributed by atoms with Gasteiger partial charge in [-0.25, -0.2) is 5.11 Å². The fraction of sp³-hybridized carbons (Fsp3) is 1.00. The van der Waals surface area contributed by atoms with E-state index in [2.05, 4.69) is 0 Å². The van der Waals surface area contributed by atoms with E-state index in [0.717, 1.165) is 32.7 Å². The fourth-order valence-corrected chi connectivity index (χ4v) is 0.933. The van der Waals surface area contributed by atoms with Crippen molar-refractivity contribution in [3.63, 3.8) is 0 Å². The lowest BCUT2D eigenvalue weighted by atomic mass is 10.4. The topological polar surface area (TPSA) is 47.6 Å². The molecule has 4 heteroatoms. The average Bonchev–Trinajstić information content (AvgIpc) is 2.21. The molecule has 0 aromatic rings. The molecule has 0 heterocycles. The molecule has 0 fully saturated rings. The summed E-state index contributed by atoms with van der Waals surface area (Å²) in [5.74, 6) is 0. The van der Waals surface area contributed by atoms with Crippen LogP contribution in [-0.2, 0) is 19.3 Å². The van der Waals surface area contributed by atoms with E-state index in [-0.39, 0.29) is 6.61 Å². The van der Waals surface area contributed by atoms with E-state index in [1.165, 1.54) is 0 Å². The molecule has 0 amide bonds. The van der Waals surface area contributed by atoms with Crippen LogP contribution in [0.4, 0.5) is 0 Å². The van der Waals surface area contributed by atoms with Crippen molar-refractivity contribution in [2.45, 2.75) is 19.3 Å². The van der Waals surface area contributed by atoms with Gasteiger partial charge >= 0.3 is 0 Å². The molecule has 85 valence electrons. The highest BCUT2D eigenvalue weighted by Gasteiger charge is 1.91. The third-order valence-electron chi connectivity index (χ3n) is 1.65. The molecule has 0 saturated carbocycles. The highest BCUT2D eigenvalue weighted by molar-refractivity contribution is 4.38. The summed E-state index contributed by atoms with van der Waals surface area (Å²) in [6, 6.07) is 0. The minimum Gasteiger partial charge on any atom is -0.385 e. The lowest BCUT2D eigenvalue weighted by Crippen LogP contribution is -2.04. The number of rotatable bonds is 11. The van der Waals surface area contributed by atoms with Gasteiger partial charge in [-0.15, -0.1) is 0 Å². The molecule has 0 aromatic heterocycles. The highest BCUT2D eigenvalue weighted by Crippen LogP contribution is 1.89. The van der Waals surface area contributed by atoms with Crippen LogP contribution in [0.5, 0.6) is 0 Å². The second-order valence-corrected chi connectivity index (χ2v) is 2.98. The van der Waals surface area contributed by atoms with Crippen LogP contribution in [0.3, 0.4) is 0 Å². The molecule has 0 unspecified atom stereocenters. The summed E-state index contributed by atoms with van der Waals surface area (Å²) in [6.07, 6.45) is 2.44. The monoisotopic (exact) mass is 205 g/mol. The van der Waals surface area contributed by atoms with Gasteiger partial charge in [0.1, 0.15) is 0 Å². The summed E-state index contributed by atoms with van der Waals surface area (Å²) in [5.41, 5.74) is 0. The summed E-state index contributed by atoms with van der Waals surface area (Å²) in [7, 11) is 1.68. The van der Waals surface area contributed by atoms with Gasteiger partial charge in [-0.2, -0.15) is 0 Å². The van der Waals surface area contributed by atoms with E-state index < -0.39 is 0 Å². The maximum Gasteiger partial charge on any atom is 0.0844 e. The first-order chi connectivity index (χ1) is 6.91. The molecule has 4 nitrogen and oxygen atoms in total. The lowest BCUT2D eigenvalue weighted by molar-refractivity contribution is 0.0629. The van der Waals surface area contributed by atoms with Gasteiger partial charge in [-0.1, -0.05) is 0 Å². The zero-order chi connectivity index (χ0) is 10.5. The predicted octanol–water partition coefficient (Wildman–Crippen LogP) is 1.27. The molecular formula is C10H21O4. The smallest absolute Gasteiger partial charge is 0.0844 e. The van der Waals surface area contributed by atoms with Crippen molar-refractivity contribution < 1.29 is 19.3 Å². The summed E-state index contributed by atoms with van der Waals surface area (Å²) in [4.78, 5) is 0. The molecule has 0 aromatic carbocycles. The standard InChI is InChI=1S/C10H21O4/c1-12-6-3-8-14-10-4-9-13-7-2-5-11/h2-10H2,1H3. The number of hydrogen-bond acceptors (Lipinski definition) is 3. The zero-order valence-corrected chi connectivity index (χ0v) is 9.00. The summed E-state index contributed by atoms with van der Waals surface area (Å²) >= 11 is 0. The Hall–Kier alpha value is -0.160. The Labute approximate surface area is 86.2 Å². The van der Waals surface area contributed by atoms with Crippen LogP contribution in [0.1, 0.15) is 19.3 Å². The molecule has 0 saturated heterocycles. The molecule has 1 radical (unpaired) electrons. The van der Waals surface area contributed by atoms with Gasteiger partial charge in [-0.05, 0) is 19.3 Å². The lowest BCUT2D eigenvalue weighted by Gasteiger charge is -2.04. The minimum atomic E-state index is -0.0481. The molecule has 0 atom stereocenters. The van der Waals surface area contributed by atoms with Crippen molar-refractivity contribution >= 4 is 0 Å². The van der Waals surface area contributed by atoms with Crippen LogP contribution < -0.4 is 0 Å². The summed E-state index contributed by atoms with van der Waals surface area (Å²) in [6.45, 7) is 3.43. The third-order valence-corrected chi connectivity index (χ3v) is 1.65. The van der Waals surface area contributed by atoms with Crippen molar-refractivity contribution in [2.24, 2.45) is 0 Å². The molecule has 0 aliphatic rings. The van der Waals surface area contributed by atoms with E-state index in [0.29, 0.717) is 19.6 Å². The summed E-state index contributed by atoms with van der Waals surface area (Å²) in [5, 5.41) is 10.0.